The molecule has 12 nitrogen and oxygen atoms in total. The molecule has 260 valence electrons. The maximum atomic E-state index is 15.5. The summed E-state index contributed by atoms with van der Waals surface area (Å²) < 4.78 is 25.4. The van der Waals surface area contributed by atoms with Crippen LogP contribution >= 0.6 is 0 Å². The van der Waals surface area contributed by atoms with Crippen molar-refractivity contribution in [2.24, 2.45) is 7.05 Å². The summed E-state index contributed by atoms with van der Waals surface area (Å²) in [6, 6.07) is 7.82. The van der Waals surface area contributed by atoms with Gasteiger partial charge < -0.3 is 29.0 Å². The predicted octanol–water partition coefficient (Wildman–Crippen LogP) is 3.80. The number of hydrogen-bond donors (Lipinski definition) is 2. The van der Waals surface area contributed by atoms with Crippen LogP contribution in [-0.2, 0) is 31.2 Å². The summed E-state index contributed by atoms with van der Waals surface area (Å²) in [5, 5.41) is 13.8. The normalized spacial score (nSPS) is 17.9. The zero-order valence-electron chi connectivity index (χ0n) is 28.5. The number of aliphatic hydroxyl groups excluding tert-OH is 1. The number of fused-ring (bicyclic) bond motifs is 3. The highest BCUT2D eigenvalue weighted by Gasteiger charge is 2.38. The van der Waals surface area contributed by atoms with Gasteiger partial charge in [-0.1, -0.05) is 0 Å². The van der Waals surface area contributed by atoms with Crippen LogP contribution in [0.1, 0.15) is 43.5 Å². The Hall–Kier alpha value is -4.85. The van der Waals surface area contributed by atoms with E-state index in [0.717, 1.165) is 57.1 Å². The molecule has 7 heterocycles. The smallest absolute Gasteiger partial charge is 0.283 e. The number of rotatable bonds is 7. The Morgan fingerprint density at radius 1 is 1.06 bits per heavy atom. The van der Waals surface area contributed by atoms with E-state index < -0.39 is 18.0 Å². The second kappa shape index (κ2) is 12.5. The molecule has 13 heteroatoms. The number of piperazine rings is 1. The van der Waals surface area contributed by atoms with Gasteiger partial charge in [-0.3, -0.25) is 19.1 Å². The zero-order chi connectivity index (χ0) is 34.7. The number of anilines is 3. The fourth-order valence-electron chi connectivity index (χ4n) is 7.86. The molecule has 5 aromatic rings. The molecule has 8 rings (SSSR count). The molecule has 2 N–H and O–H groups in total. The molecule has 0 unspecified atom stereocenters. The molecule has 0 saturated carbocycles. The van der Waals surface area contributed by atoms with Gasteiger partial charge in [-0.2, -0.15) is 0 Å². The minimum absolute atomic E-state index is 0.0165. The number of nitrogens with zero attached hydrogens (tertiary/aromatic N) is 7. The third kappa shape index (κ3) is 5.40. The van der Waals surface area contributed by atoms with Gasteiger partial charge in [0.05, 0.1) is 37.7 Å². The second-order valence-electron chi connectivity index (χ2n) is 14.2. The highest BCUT2D eigenvalue weighted by atomic mass is 19.1. The second-order valence-corrected chi connectivity index (χ2v) is 14.2. The van der Waals surface area contributed by atoms with Gasteiger partial charge in [-0.25, -0.2) is 14.4 Å². The summed E-state index contributed by atoms with van der Waals surface area (Å²) >= 11 is 0. The van der Waals surface area contributed by atoms with E-state index in [0.29, 0.717) is 52.6 Å². The first-order chi connectivity index (χ1) is 24.1. The molecule has 0 amide bonds. The Bertz CT molecular complexity index is 2220. The average molecular weight is 681 g/mol. The molecule has 0 spiro atoms. The number of pyridine rings is 3. The summed E-state index contributed by atoms with van der Waals surface area (Å²) in [6.45, 7) is 8.42. The Labute approximate surface area is 288 Å². The van der Waals surface area contributed by atoms with E-state index in [-0.39, 0.29) is 22.4 Å². The van der Waals surface area contributed by atoms with Crippen LogP contribution < -0.4 is 21.3 Å². The minimum Gasteiger partial charge on any atom is -0.392 e. The lowest BCUT2D eigenvalue weighted by molar-refractivity contribution is -0.0741. The average Bonchev–Trinajstić information content (AvgIpc) is 3.38. The monoisotopic (exact) mass is 680 g/mol. The quantitative estimate of drug-likeness (QED) is 0.265. The summed E-state index contributed by atoms with van der Waals surface area (Å²) in [4.78, 5) is 41.1. The van der Waals surface area contributed by atoms with Crippen molar-refractivity contribution in [1.29, 1.82) is 0 Å². The third-order valence-electron chi connectivity index (χ3n) is 10.5. The number of aryl methyl sites for hydroxylation is 2. The van der Waals surface area contributed by atoms with Crippen LogP contribution in [0.2, 0.25) is 0 Å². The van der Waals surface area contributed by atoms with Crippen molar-refractivity contribution in [3.63, 3.8) is 0 Å². The van der Waals surface area contributed by atoms with Crippen LogP contribution in [-0.4, -0.2) is 77.9 Å². The molecular formula is C37H41FN8O4. The van der Waals surface area contributed by atoms with Crippen LogP contribution in [0, 0.1) is 5.82 Å². The van der Waals surface area contributed by atoms with Gasteiger partial charge in [0.2, 0.25) is 0 Å². The van der Waals surface area contributed by atoms with Gasteiger partial charge in [0, 0.05) is 79.4 Å². The van der Waals surface area contributed by atoms with Crippen LogP contribution in [0.3, 0.4) is 0 Å². The van der Waals surface area contributed by atoms with Gasteiger partial charge >= 0.3 is 0 Å². The first-order valence-electron chi connectivity index (χ1n) is 17.2. The van der Waals surface area contributed by atoms with Crippen molar-refractivity contribution >= 4 is 22.7 Å². The molecule has 0 bridgehead atoms. The molecule has 0 atom stereocenters. The maximum absolute atomic E-state index is 15.5. The summed E-state index contributed by atoms with van der Waals surface area (Å²) in [7, 11) is 1.65. The van der Waals surface area contributed by atoms with Crippen molar-refractivity contribution < 1.29 is 14.2 Å². The molecule has 2 fully saturated rings. The number of hydrogen-bond acceptors (Lipinski definition) is 9. The molecule has 2 saturated heterocycles. The van der Waals surface area contributed by atoms with Crippen molar-refractivity contribution in [1.82, 2.24) is 28.4 Å². The topological polar surface area (TPSA) is 122 Å². The number of nitrogens with one attached hydrogen (secondary N) is 1. The molecule has 0 radical (unpaired) electrons. The third-order valence-corrected chi connectivity index (χ3v) is 10.5. The van der Waals surface area contributed by atoms with E-state index in [1.54, 1.807) is 48.4 Å². The highest BCUT2D eigenvalue weighted by Crippen LogP contribution is 2.32. The van der Waals surface area contributed by atoms with Gasteiger partial charge in [0.15, 0.2) is 5.82 Å². The molecule has 2 aliphatic heterocycles. The van der Waals surface area contributed by atoms with Crippen molar-refractivity contribution in [3.8, 4) is 16.9 Å². The number of halogens is 1. The van der Waals surface area contributed by atoms with Crippen molar-refractivity contribution in [3.05, 3.63) is 98.6 Å². The summed E-state index contributed by atoms with van der Waals surface area (Å²) in [5.41, 5.74) is 3.41. The van der Waals surface area contributed by atoms with E-state index >= 15 is 4.39 Å². The first-order valence-corrected chi connectivity index (χ1v) is 17.2. The predicted molar refractivity (Wildman–Crippen MR) is 189 cm³/mol. The molecule has 3 aliphatic rings. The number of aromatic nitrogens is 5. The first kappa shape index (κ1) is 32.4. The lowest BCUT2D eigenvalue weighted by atomic mass is 9.96. The van der Waals surface area contributed by atoms with Gasteiger partial charge in [0.25, 0.3) is 11.1 Å². The van der Waals surface area contributed by atoms with E-state index in [4.69, 9.17) is 4.74 Å². The molecular weight excluding hydrogens is 639 g/mol. The fraction of sp³-hybridized carbons (Fsp3) is 0.405. The Morgan fingerprint density at radius 2 is 1.88 bits per heavy atom. The standard InChI is InChI=1S/C37H41FN8O4/c1-37(2)22-43(25-20-50-21-25)12-15-46(37)24-8-9-31(40-17-24)41-29-16-23(18-42(3)35(29)48)26-10-11-39-34(28(26)19-47)45-14-13-44-30-7-5-4-6-27(30)32(38)33(44)36(45)49/h8-11,13-14,16-18,25,47H,4-7,12,15,19-22H2,1-3H3,(H,40,41). The van der Waals surface area contributed by atoms with Gasteiger partial charge in [-0.15, -0.1) is 0 Å². The lowest BCUT2D eigenvalue weighted by Gasteiger charge is -2.51. The number of ether oxygens (including phenoxy) is 1. The Kier molecular flexibility index (Phi) is 8.08. The zero-order valence-corrected chi connectivity index (χ0v) is 28.5. The maximum Gasteiger partial charge on any atom is 0.283 e. The van der Waals surface area contributed by atoms with Gasteiger partial charge in [-0.05, 0) is 69.4 Å². The van der Waals surface area contributed by atoms with Crippen LogP contribution in [0.5, 0.6) is 0 Å². The van der Waals surface area contributed by atoms with Crippen LogP contribution in [0.4, 0.5) is 21.6 Å². The van der Waals surface area contributed by atoms with Crippen molar-refractivity contribution in [2.45, 2.75) is 57.7 Å². The molecule has 0 aromatic carbocycles. The van der Waals surface area contributed by atoms with Crippen LogP contribution in [0.15, 0.2) is 64.8 Å². The Balaban J connectivity index is 1.09. The minimum atomic E-state index is -0.547. The van der Waals surface area contributed by atoms with E-state index in [1.807, 2.05) is 18.3 Å². The lowest BCUT2D eigenvalue weighted by Crippen LogP contribution is -2.64. The molecule has 50 heavy (non-hydrogen) atoms. The molecule has 1 aliphatic carbocycles. The summed E-state index contributed by atoms with van der Waals surface area (Å²) in [5.74, 6) is 0.226. The van der Waals surface area contributed by atoms with Crippen molar-refractivity contribution in [2.75, 3.05) is 43.1 Å². The van der Waals surface area contributed by atoms with E-state index in [1.165, 1.54) is 9.13 Å². The SMILES string of the molecule is Cn1cc(-c2ccnc(-n3ccn4c5c(c(F)c4c3=O)CCCC5)c2CO)cc(Nc2ccc(N3CCN(C4COC4)CC3(C)C)cn2)c1=O. The van der Waals surface area contributed by atoms with Gasteiger partial charge in [0.1, 0.15) is 22.8 Å². The van der Waals surface area contributed by atoms with E-state index in [2.05, 4.69) is 38.9 Å². The number of aliphatic hydroxyl groups is 1. The molecule has 5 aromatic heterocycles. The highest BCUT2D eigenvalue weighted by molar-refractivity contribution is 5.73. The Morgan fingerprint density at radius 3 is 2.60 bits per heavy atom. The largest absolute Gasteiger partial charge is 0.392 e. The van der Waals surface area contributed by atoms with Crippen LogP contribution in [0.25, 0.3) is 22.5 Å². The fourth-order valence-corrected chi connectivity index (χ4v) is 7.86. The summed E-state index contributed by atoms with van der Waals surface area (Å²) in [6.07, 6.45) is 11.5. The van der Waals surface area contributed by atoms with E-state index in [9.17, 15) is 14.7 Å².